The fourth-order valence-electron chi connectivity index (χ4n) is 4.10. The maximum Gasteiger partial charge on any atom is 0.254 e. The molecule has 2 aromatic carbocycles. The maximum atomic E-state index is 13.0. The molecule has 0 spiro atoms. The van der Waals surface area contributed by atoms with Gasteiger partial charge in [0, 0.05) is 55.5 Å². The summed E-state index contributed by atoms with van der Waals surface area (Å²) < 4.78 is 0. The molecule has 1 atom stereocenters. The van der Waals surface area contributed by atoms with E-state index in [-0.39, 0.29) is 24.1 Å². The third-order valence-electron chi connectivity index (χ3n) is 5.78. The predicted octanol–water partition coefficient (Wildman–Crippen LogP) is 2.02. The molecule has 2 aliphatic heterocycles. The van der Waals surface area contributed by atoms with Crippen molar-refractivity contribution < 1.29 is 14.4 Å². The number of carbonyl (C=O) groups excluding carboxylic acids is 3. The zero-order chi connectivity index (χ0) is 21.8. The number of amides is 3. The molecule has 0 aromatic heterocycles. The minimum atomic E-state index is -0.820. The molecule has 4 rings (SSSR count). The second-order valence-corrected chi connectivity index (χ2v) is 8.16. The van der Waals surface area contributed by atoms with Crippen LogP contribution in [0.2, 0.25) is 5.02 Å². The van der Waals surface area contributed by atoms with E-state index in [1.54, 1.807) is 29.2 Å². The smallest absolute Gasteiger partial charge is 0.254 e. The third kappa shape index (κ3) is 4.82. The number of halogens is 1. The van der Waals surface area contributed by atoms with Crippen LogP contribution in [0.3, 0.4) is 0 Å². The first kappa shape index (κ1) is 21.2. The molecule has 162 valence electrons. The Morgan fingerprint density at radius 1 is 0.968 bits per heavy atom. The summed E-state index contributed by atoms with van der Waals surface area (Å²) in [6.07, 6.45) is -0.0243. The van der Waals surface area contributed by atoms with Gasteiger partial charge in [0.25, 0.3) is 5.91 Å². The number of anilines is 1. The van der Waals surface area contributed by atoms with Crippen LogP contribution in [0.15, 0.2) is 54.6 Å². The maximum absolute atomic E-state index is 13.0. The summed E-state index contributed by atoms with van der Waals surface area (Å²) in [6, 6.07) is 15.9. The zero-order valence-corrected chi connectivity index (χ0v) is 17.9. The molecule has 0 aliphatic carbocycles. The van der Waals surface area contributed by atoms with Gasteiger partial charge < -0.3 is 20.0 Å². The van der Waals surface area contributed by atoms with Crippen molar-refractivity contribution in [3.05, 3.63) is 65.2 Å². The summed E-state index contributed by atoms with van der Waals surface area (Å²) in [4.78, 5) is 44.1. The number of hydrogen-bond donors (Lipinski definition) is 1. The topological polar surface area (TPSA) is 73.0 Å². The molecular weight excluding hydrogens is 416 g/mol. The highest BCUT2D eigenvalue weighted by Crippen LogP contribution is 2.20. The molecule has 0 radical (unpaired) electrons. The van der Waals surface area contributed by atoms with Gasteiger partial charge in [-0.25, -0.2) is 0 Å². The zero-order valence-electron chi connectivity index (χ0n) is 17.2. The van der Waals surface area contributed by atoms with Crippen LogP contribution < -0.4 is 10.2 Å². The number of nitrogens with one attached hydrogen (secondary N) is 1. The molecule has 0 unspecified atom stereocenters. The van der Waals surface area contributed by atoms with Crippen LogP contribution in [0.25, 0.3) is 0 Å². The number of nitrogens with zero attached hydrogens (tertiary/aromatic N) is 3. The van der Waals surface area contributed by atoms with Crippen LogP contribution in [0.4, 0.5) is 5.69 Å². The Morgan fingerprint density at radius 2 is 1.71 bits per heavy atom. The summed E-state index contributed by atoms with van der Waals surface area (Å²) in [5.74, 6) is -0.694. The highest BCUT2D eigenvalue weighted by Gasteiger charge is 2.36. The Hall–Kier alpha value is -3.06. The number of benzene rings is 2. The van der Waals surface area contributed by atoms with Gasteiger partial charge in [-0.3, -0.25) is 14.4 Å². The normalized spacial score (nSPS) is 19.2. The van der Waals surface area contributed by atoms with E-state index in [2.05, 4.69) is 22.3 Å². The molecule has 2 heterocycles. The lowest BCUT2D eigenvalue weighted by Gasteiger charge is -2.39. The van der Waals surface area contributed by atoms with Crippen molar-refractivity contribution in [1.82, 2.24) is 15.1 Å². The lowest BCUT2D eigenvalue weighted by molar-refractivity contribution is -0.138. The third-order valence-corrected chi connectivity index (χ3v) is 6.02. The second kappa shape index (κ2) is 9.39. The summed E-state index contributed by atoms with van der Waals surface area (Å²) in [6.45, 7) is 3.37. The molecule has 2 saturated heterocycles. The number of rotatable bonds is 4. The van der Waals surface area contributed by atoms with E-state index >= 15 is 0 Å². The van der Waals surface area contributed by atoms with E-state index < -0.39 is 6.04 Å². The van der Waals surface area contributed by atoms with Crippen molar-refractivity contribution in [3.8, 4) is 0 Å². The van der Waals surface area contributed by atoms with Crippen LogP contribution in [0.5, 0.6) is 0 Å². The molecule has 31 heavy (non-hydrogen) atoms. The highest BCUT2D eigenvalue weighted by atomic mass is 35.5. The highest BCUT2D eigenvalue weighted by molar-refractivity contribution is 6.31. The van der Waals surface area contributed by atoms with Gasteiger partial charge in [-0.15, -0.1) is 0 Å². The van der Waals surface area contributed by atoms with Gasteiger partial charge in [-0.2, -0.15) is 0 Å². The van der Waals surface area contributed by atoms with Crippen LogP contribution in [0.1, 0.15) is 16.8 Å². The lowest BCUT2D eigenvalue weighted by atomic mass is 10.1. The van der Waals surface area contributed by atoms with Gasteiger partial charge in [0.2, 0.25) is 11.8 Å². The molecular formula is C23H25ClN4O3. The molecule has 2 fully saturated rings. The van der Waals surface area contributed by atoms with E-state index in [1.807, 2.05) is 18.2 Å². The van der Waals surface area contributed by atoms with Crippen LogP contribution in [-0.4, -0.2) is 72.8 Å². The average molecular weight is 441 g/mol. The number of piperazine rings is 2. The molecule has 2 aliphatic rings. The van der Waals surface area contributed by atoms with Gasteiger partial charge in [-0.05, 0) is 30.3 Å². The van der Waals surface area contributed by atoms with Crippen molar-refractivity contribution in [2.45, 2.75) is 12.5 Å². The SMILES string of the molecule is O=C1NCCN(C(=O)c2cccc(Cl)c2)[C@@H]1CC(=O)N1CCN(c2ccccc2)CC1. The Labute approximate surface area is 186 Å². The Balaban J connectivity index is 1.41. The molecule has 7 nitrogen and oxygen atoms in total. The van der Waals surface area contributed by atoms with E-state index in [0.29, 0.717) is 36.8 Å². The largest absolute Gasteiger partial charge is 0.368 e. The van der Waals surface area contributed by atoms with Crippen LogP contribution in [0, 0.1) is 0 Å². The Morgan fingerprint density at radius 3 is 2.42 bits per heavy atom. The summed E-state index contributed by atoms with van der Waals surface area (Å²) in [7, 11) is 0. The second-order valence-electron chi connectivity index (χ2n) is 7.72. The van der Waals surface area contributed by atoms with E-state index in [0.717, 1.165) is 18.8 Å². The molecule has 8 heteroatoms. The van der Waals surface area contributed by atoms with E-state index in [9.17, 15) is 14.4 Å². The fourth-order valence-corrected chi connectivity index (χ4v) is 4.29. The lowest BCUT2D eigenvalue weighted by Crippen LogP contribution is -2.59. The number of hydrogen-bond acceptors (Lipinski definition) is 4. The summed E-state index contributed by atoms with van der Waals surface area (Å²) >= 11 is 6.02. The van der Waals surface area contributed by atoms with E-state index in [1.165, 1.54) is 4.90 Å². The van der Waals surface area contributed by atoms with Gasteiger partial charge in [0.1, 0.15) is 6.04 Å². The summed E-state index contributed by atoms with van der Waals surface area (Å²) in [5.41, 5.74) is 1.55. The van der Waals surface area contributed by atoms with Crippen molar-refractivity contribution in [2.75, 3.05) is 44.2 Å². The van der Waals surface area contributed by atoms with Gasteiger partial charge in [0.15, 0.2) is 0 Å². The predicted molar refractivity (Wildman–Crippen MR) is 119 cm³/mol. The first-order valence-corrected chi connectivity index (χ1v) is 10.8. The fraction of sp³-hybridized carbons (Fsp3) is 0.348. The first-order valence-electron chi connectivity index (χ1n) is 10.4. The number of para-hydroxylation sites is 1. The van der Waals surface area contributed by atoms with Gasteiger partial charge in [0.05, 0.1) is 6.42 Å². The first-order chi connectivity index (χ1) is 15.0. The quantitative estimate of drug-likeness (QED) is 0.789. The van der Waals surface area contributed by atoms with Crippen LogP contribution in [-0.2, 0) is 9.59 Å². The van der Waals surface area contributed by atoms with E-state index in [4.69, 9.17) is 11.6 Å². The molecule has 1 N–H and O–H groups in total. The van der Waals surface area contributed by atoms with Crippen molar-refractivity contribution in [1.29, 1.82) is 0 Å². The van der Waals surface area contributed by atoms with Crippen molar-refractivity contribution >= 4 is 35.0 Å². The molecule has 0 saturated carbocycles. The minimum absolute atomic E-state index is 0.0243. The van der Waals surface area contributed by atoms with Crippen molar-refractivity contribution in [3.63, 3.8) is 0 Å². The summed E-state index contributed by atoms with van der Waals surface area (Å²) in [5, 5.41) is 3.23. The molecule has 2 aromatic rings. The van der Waals surface area contributed by atoms with Gasteiger partial charge in [-0.1, -0.05) is 35.9 Å². The molecule has 0 bridgehead atoms. The minimum Gasteiger partial charge on any atom is -0.368 e. The standard InChI is InChI=1S/C23H25ClN4O3/c24-18-6-4-5-17(15-18)23(31)28-10-9-25-22(30)20(28)16-21(29)27-13-11-26(12-14-27)19-7-2-1-3-8-19/h1-8,15,20H,9-14,16H2,(H,25,30)/t20-/m1/s1. The average Bonchev–Trinajstić information content (AvgIpc) is 2.80. The monoisotopic (exact) mass is 440 g/mol. The molecule has 3 amide bonds. The number of carbonyl (C=O) groups is 3. The van der Waals surface area contributed by atoms with Gasteiger partial charge >= 0.3 is 0 Å². The van der Waals surface area contributed by atoms with Crippen molar-refractivity contribution in [2.24, 2.45) is 0 Å². The van der Waals surface area contributed by atoms with Crippen LogP contribution >= 0.6 is 11.6 Å². The Kier molecular flexibility index (Phi) is 6.42. The Bertz CT molecular complexity index is 960.